The summed E-state index contributed by atoms with van der Waals surface area (Å²) in [5.74, 6) is -2.62. The Labute approximate surface area is 172 Å². The quantitative estimate of drug-likeness (QED) is 0.599. The number of hydrogen-bond acceptors (Lipinski definition) is 3. The van der Waals surface area contributed by atoms with Crippen molar-refractivity contribution in [2.24, 2.45) is 0 Å². The molecule has 11 heteroatoms. The standard InChI is InChI=1S/C20H15F5N4O2/c21-13-3-1-12(2-4-13)15-10-26-29-8-7-28(11-17(15)29)19(30)27-14-5-6-16(22)18(9-14)31-20(23,24)25/h1-6,9-10H,7-8,11H2,(H,27,30). The van der Waals surface area contributed by atoms with Gasteiger partial charge in [-0.25, -0.2) is 13.6 Å². The summed E-state index contributed by atoms with van der Waals surface area (Å²) in [6, 6.07) is 7.94. The highest BCUT2D eigenvalue weighted by molar-refractivity contribution is 5.89. The Morgan fingerprint density at radius 1 is 1.06 bits per heavy atom. The van der Waals surface area contributed by atoms with Crippen molar-refractivity contribution in [3.8, 4) is 16.9 Å². The Morgan fingerprint density at radius 3 is 2.52 bits per heavy atom. The number of carbonyl (C=O) groups is 1. The maximum Gasteiger partial charge on any atom is 0.573 e. The first-order valence-corrected chi connectivity index (χ1v) is 9.11. The van der Waals surface area contributed by atoms with Crippen LogP contribution in [0.2, 0.25) is 0 Å². The summed E-state index contributed by atoms with van der Waals surface area (Å²) in [6.07, 6.45) is -3.43. The molecule has 0 radical (unpaired) electrons. The van der Waals surface area contributed by atoms with Crippen LogP contribution in [0.15, 0.2) is 48.7 Å². The lowest BCUT2D eigenvalue weighted by Gasteiger charge is -2.28. The van der Waals surface area contributed by atoms with Gasteiger partial charge in [0.05, 0.1) is 25.0 Å². The second-order valence-corrected chi connectivity index (χ2v) is 6.78. The van der Waals surface area contributed by atoms with Gasteiger partial charge in [-0.3, -0.25) is 4.68 Å². The van der Waals surface area contributed by atoms with Gasteiger partial charge in [0.1, 0.15) is 5.82 Å². The zero-order valence-electron chi connectivity index (χ0n) is 15.8. The zero-order valence-corrected chi connectivity index (χ0v) is 15.8. The summed E-state index contributed by atoms with van der Waals surface area (Å²) < 4.78 is 69.4. The van der Waals surface area contributed by atoms with Crippen LogP contribution in [-0.2, 0) is 13.1 Å². The molecule has 2 heterocycles. The number of amides is 2. The molecule has 1 N–H and O–H groups in total. The predicted octanol–water partition coefficient (Wildman–Crippen LogP) is 4.77. The fraction of sp³-hybridized carbons (Fsp3) is 0.200. The molecule has 0 saturated carbocycles. The van der Waals surface area contributed by atoms with Crippen molar-refractivity contribution in [3.63, 3.8) is 0 Å². The number of urea groups is 1. The fourth-order valence-electron chi connectivity index (χ4n) is 3.28. The first-order chi connectivity index (χ1) is 14.7. The molecule has 31 heavy (non-hydrogen) atoms. The monoisotopic (exact) mass is 438 g/mol. The number of nitrogens with zero attached hydrogens (tertiary/aromatic N) is 3. The molecule has 3 aromatic rings. The van der Waals surface area contributed by atoms with Crippen molar-refractivity contribution < 1.29 is 31.5 Å². The third-order valence-electron chi connectivity index (χ3n) is 4.72. The van der Waals surface area contributed by atoms with Crippen molar-refractivity contribution in [3.05, 3.63) is 66.0 Å². The first kappa shape index (κ1) is 20.6. The number of benzene rings is 2. The maximum atomic E-state index is 13.6. The average Bonchev–Trinajstić information content (AvgIpc) is 3.13. The number of alkyl halides is 3. The molecular formula is C20H15F5N4O2. The molecule has 2 aromatic carbocycles. The van der Waals surface area contributed by atoms with Crippen molar-refractivity contribution in [1.29, 1.82) is 0 Å². The first-order valence-electron chi connectivity index (χ1n) is 9.11. The number of halogens is 5. The van der Waals surface area contributed by atoms with Crippen LogP contribution in [0, 0.1) is 11.6 Å². The Hall–Kier alpha value is -3.63. The van der Waals surface area contributed by atoms with E-state index in [1.54, 1.807) is 23.0 Å². The highest BCUT2D eigenvalue weighted by Crippen LogP contribution is 2.30. The molecule has 0 fully saturated rings. The van der Waals surface area contributed by atoms with Crippen LogP contribution in [0.25, 0.3) is 11.1 Å². The number of anilines is 1. The lowest BCUT2D eigenvalue weighted by molar-refractivity contribution is -0.275. The maximum absolute atomic E-state index is 13.6. The zero-order chi connectivity index (χ0) is 22.2. The van der Waals surface area contributed by atoms with Gasteiger partial charge in [0.25, 0.3) is 0 Å². The fourth-order valence-corrected chi connectivity index (χ4v) is 3.28. The van der Waals surface area contributed by atoms with Crippen LogP contribution in [0.5, 0.6) is 5.75 Å². The van der Waals surface area contributed by atoms with Crippen molar-refractivity contribution in [1.82, 2.24) is 14.7 Å². The third kappa shape index (κ3) is 4.60. The van der Waals surface area contributed by atoms with Gasteiger partial charge in [0.15, 0.2) is 11.6 Å². The summed E-state index contributed by atoms with van der Waals surface area (Å²) in [4.78, 5) is 14.1. The van der Waals surface area contributed by atoms with Gasteiger partial charge >= 0.3 is 12.4 Å². The van der Waals surface area contributed by atoms with Gasteiger partial charge in [-0.15, -0.1) is 13.2 Å². The van der Waals surface area contributed by atoms with Crippen molar-refractivity contribution in [2.75, 3.05) is 11.9 Å². The molecule has 2 amide bonds. The number of aromatic nitrogens is 2. The Morgan fingerprint density at radius 2 is 1.81 bits per heavy atom. The molecule has 0 unspecified atom stereocenters. The van der Waals surface area contributed by atoms with Crippen LogP contribution in [0.3, 0.4) is 0 Å². The Balaban J connectivity index is 1.50. The Bertz CT molecular complexity index is 1110. The highest BCUT2D eigenvalue weighted by atomic mass is 19.4. The second kappa shape index (κ2) is 7.89. The molecule has 1 aliphatic heterocycles. The molecule has 6 nitrogen and oxygen atoms in total. The van der Waals surface area contributed by atoms with Gasteiger partial charge < -0.3 is 15.0 Å². The van der Waals surface area contributed by atoms with E-state index >= 15 is 0 Å². The van der Waals surface area contributed by atoms with Gasteiger partial charge in [-0.1, -0.05) is 12.1 Å². The van der Waals surface area contributed by atoms with Crippen LogP contribution in [0.1, 0.15) is 5.69 Å². The van der Waals surface area contributed by atoms with Crippen molar-refractivity contribution >= 4 is 11.7 Å². The van der Waals surface area contributed by atoms with Gasteiger partial charge in [0.2, 0.25) is 0 Å². The summed E-state index contributed by atoms with van der Waals surface area (Å²) in [5, 5.41) is 6.74. The van der Waals surface area contributed by atoms with E-state index in [-0.39, 0.29) is 18.0 Å². The van der Waals surface area contributed by atoms with Gasteiger partial charge in [-0.2, -0.15) is 5.10 Å². The van der Waals surface area contributed by atoms with E-state index in [0.29, 0.717) is 13.1 Å². The predicted molar refractivity (Wildman–Crippen MR) is 100 cm³/mol. The molecule has 0 saturated heterocycles. The number of fused-ring (bicyclic) bond motifs is 1. The lowest BCUT2D eigenvalue weighted by Crippen LogP contribution is -2.41. The minimum Gasteiger partial charge on any atom is -0.403 e. The average molecular weight is 438 g/mol. The largest absolute Gasteiger partial charge is 0.573 e. The van der Waals surface area contributed by atoms with E-state index in [9.17, 15) is 26.7 Å². The lowest BCUT2D eigenvalue weighted by atomic mass is 10.1. The number of rotatable bonds is 3. The van der Waals surface area contributed by atoms with E-state index in [2.05, 4.69) is 15.2 Å². The SMILES string of the molecule is O=C(Nc1ccc(F)c(OC(F)(F)F)c1)N1CCn2ncc(-c3ccc(F)cc3)c2C1. The molecule has 0 atom stereocenters. The minimum absolute atomic E-state index is 0.0523. The molecule has 1 aliphatic rings. The molecular weight excluding hydrogens is 423 g/mol. The summed E-state index contributed by atoms with van der Waals surface area (Å²) in [5.41, 5.74) is 2.15. The van der Waals surface area contributed by atoms with Crippen LogP contribution < -0.4 is 10.1 Å². The number of ether oxygens (including phenoxy) is 1. The molecule has 4 rings (SSSR count). The Kier molecular flexibility index (Phi) is 5.25. The number of hydrogen-bond donors (Lipinski definition) is 1. The third-order valence-corrected chi connectivity index (χ3v) is 4.72. The van der Waals surface area contributed by atoms with Crippen molar-refractivity contribution in [2.45, 2.75) is 19.5 Å². The van der Waals surface area contributed by atoms with E-state index in [1.807, 2.05) is 0 Å². The summed E-state index contributed by atoms with van der Waals surface area (Å²) in [6.45, 7) is 0.873. The molecule has 0 aliphatic carbocycles. The smallest absolute Gasteiger partial charge is 0.403 e. The summed E-state index contributed by atoms with van der Waals surface area (Å²) >= 11 is 0. The van der Waals surface area contributed by atoms with E-state index in [1.165, 1.54) is 17.0 Å². The van der Waals surface area contributed by atoms with E-state index in [4.69, 9.17) is 0 Å². The summed E-state index contributed by atoms with van der Waals surface area (Å²) in [7, 11) is 0. The van der Waals surface area contributed by atoms with E-state index < -0.39 is 24.0 Å². The van der Waals surface area contributed by atoms with Crippen LogP contribution in [0.4, 0.5) is 32.4 Å². The molecule has 0 spiro atoms. The molecule has 162 valence electrons. The number of carbonyl (C=O) groups excluding carboxylic acids is 1. The van der Waals surface area contributed by atoms with E-state index in [0.717, 1.165) is 35.0 Å². The molecule has 0 bridgehead atoms. The minimum atomic E-state index is -5.06. The molecule has 1 aromatic heterocycles. The van der Waals surface area contributed by atoms with Gasteiger partial charge in [0, 0.05) is 23.9 Å². The highest BCUT2D eigenvalue weighted by Gasteiger charge is 2.32. The second-order valence-electron chi connectivity index (χ2n) is 6.78. The van der Waals surface area contributed by atoms with Crippen LogP contribution >= 0.6 is 0 Å². The number of nitrogens with one attached hydrogen (secondary N) is 1. The van der Waals surface area contributed by atoms with Crippen LogP contribution in [-0.4, -0.2) is 33.6 Å². The normalized spacial score (nSPS) is 13.6. The topological polar surface area (TPSA) is 59.4 Å². The van der Waals surface area contributed by atoms with Gasteiger partial charge in [-0.05, 0) is 29.8 Å².